The van der Waals surface area contributed by atoms with Crippen LogP contribution in [0.1, 0.15) is 48.3 Å². The van der Waals surface area contributed by atoms with Gasteiger partial charge in [-0.3, -0.25) is 4.79 Å². The molecule has 2 N–H and O–H groups in total. The van der Waals surface area contributed by atoms with E-state index in [0.717, 1.165) is 36.4 Å². The van der Waals surface area contributed by atoms with Crippen LogP contribution in [0.5, 0.6) is 0 Å². The molecule has 4 heterocycles. The van der Waals surface area contributed by atoms with Crippen LogP contribution in [0.3, 0.4) is 0 Å². The Hall–Kier alpha value is -2.98. The van der Waals surface area contributed by atoms with Gasteiger partial charge in [-0.15, -0.1) is 0 Å². The number of carbonyl (C=O) groups excluding carboxylic acids is 1. The van der Waals surface area contributed by atoms with Gasteiger partial charge in [0.2, 0.25) is 0 Å². The summed E-state index contributed by atoms with van der Waals surface area (Å²) >= 11 is 6.61. The van der Waals surface area contributed by atoms with Crippen LogP contribution in [-0.4, -0.2) is 64.5 Å². The van der Waals surface area contributed by atoms with E-state index in [-0.39, 0.29) is 36.6 Å². The molecule has 2 atom stereocenters. The summed E-state index contributed by atoms with van der Waals surface area (Å²) in [5.41, 5.74) is 3.31. The molecule has 0 saturated carbocycles. The third kappa shape index (κ3) is 6.17. The lowest BCUT2D eigenvalue weighted by atomic mass is 9.86. The standard InChI is InChI=1S/C30H36ClFN4O4/c1-30(2)11-23(6-7-40-18-30)34-28-10-25(26(31)12-33-28)21-9-27-29(38)36(24(17-39-3)15-35(27)13-21)14-20-8-22(32)5-4-19(20)16-37/h4-5,8-10,12-13,23-24,37H,6-7,11,14-18H2,1-3H3,(H,33,34)/t23?,24-/m1/s1. The summed E-state index contributed by atoms with van der Waals surface area (Å²) in [4.78, 5) is 20.0. The van der Waals surface area contributed by atoms with E-state index in [4.69, 9.17) is 21.1 Å². The minimum Gasteiger partial charge on any atom is -0.392 e. The third-order valence-electron chi connectivity index (χ3n) is 7.68. The van der Waals surface area contributed by atoms with Crippen LogP contribution in [0.25, 0.3) is 11.1 Å². The first-order valence-corrected chi connectivity index (χ1v) is 13.9. The van der Waals surface area contributed by atoms with Gasteiger partial charge in [-0.2, -0.15) is 0 Å². The third-order valence-corrected chi connectivity index (χ3v) is 7.99. The zero-order valence-electron chi connectivity index (χ0n) is 23.1. The maximum atomic E-state index is 14.0. The van der Waals surface area contributed by atoms with Gasteiger partial charge >= 0.3 is 0 Å². The lowest BCUT2D eigenvalue weighted by Gasteiger charge is -2.36. The van der Waals surface area contributed by atoms with Gasteiger partial charge in [-0.1, -0.05) is 31.5 Å². The molecule has 214 valence electrons. The summed E-state index contributed by atoms with van der Waals surface area (Å²) in [6.45, 7) is 6.57. The molecule has 2 aliphatic heterocycles. The predicted octanol–water partition coefficient (Wildman–Crippen LogP) is 5.12. The SMILES string of the molecule is COC[C@H]1Cn2cc(-c3cc(NC4CCOCC(C)(C)C4)ncc3Cl)cc2C(=O)N1Cc1cc(F)ccc1CO. The lowest BCUT2D eigenvalue weighted by Crippen LogP contribution is -2.49. The molecular weight excluding hydrogens is 535 g/mol. The van der Waals surface area contributed by atoms with E-state index in [1.807, 2.05) is 22.9 Å². The van der Waals surface area contributed by atoms with Gasteiger partial charge in [0.25, 0.3) is 5.91 Å². The van der Waals surface area contributed by atoms with Crippen molar-refractivity contribution in [3.05, 3.63) is 70.4 Å². The molecule has 40 heavy (non-hydrogen) atoms. The average Bonchev–Trinajstić information content (AvgIpc) is 3.26. The molecule has 2 aromatic heterocycles. The van der Waals surface area contributed by atoms with Crippen LogP contribution in [0, 0.1) is 11.2 Å². The number of hydrogen-bond acceptors (Lipinski definition) is 6. The molecule has 8 nitrogen and oxygen atoms in total. The van der Waals surface area contributed by atoms with Crippen LogP contribution in [-0.2, 0) is 29.2 Å². The molecule has 0 radical (unpaired) electrons. The number of pyridine rings is 1. The molecule has 2 aliphatic rings. The van der Waals surface area contributed by atoms with Crippen LogP contribution in [0.2, 0.25) is 5.02 Å². The topological polar surface area (TPSA) is 88.8 Å². The second-order valence-corrected chi connectivity index (χ2v) is 11.9. The Morgan fingerprint density at radius 3 is 2.88 bits per heavy atom. The highest BCUT2D eigenvalue weighted by molar-refractivity contribution is 6.33. The number of hydrogen-bond donors (Lipinski definition) is 2. The fourth-order valence-electron chi connectivity index (χ4n) is 5.72. The van der Waals surface area contributed by atoms with Crippen LogP contribution in [0.4, 0.5) is 10.2 Å². The van der Waals surface area contributed by atoms with E-state index < -0.39 is 5.82 Å². The smallest absolute Gasteiger partial charge is 0.271 e. The van der Waals surface area contributed by atoms with Gasteiger partial charge in [0.15, 0.2) is 0 Å². The van der Waals surface area contributed by atoms with Gasteiger partial charge in [-0.25, -0.2) is 9.37 Å². The molecule has 1 amide bonds. The first-order chi connectivity index (χ1) is 19.2. The number of nitrogens with one attached hydrogen (secondary N) is 1. The Morgan fingerprint density at radius 2 is 2.10 bits per heavy atom. The zero-order chi connectivity index (χ0) is 28.4. The number of aliphatic hydroxyl groups is 1. The van der Waals surface area contributed by atoms with Gasteiger partial charge in [0.05, 0.1) is 30.9 Å². The number of amides is 1. The first kappa shape index (κ1) is 28.5. The highest BCUT2D eigenvalue weighted by Crippen LogP contribution is 2.35. The van der Waals surface area contributed by atoms with Crippen molar-refractivity contribution in [2.24, 2.45) is 5.41 Å². The van der Waals surface area contributed by atoms with E-state index in [9.17, 15) is 14.3 Å². The largest absolute Gasteiger partial charge is 0.392 e. The average molecular weight is 571 g/mol. The number of rotatable bonds is 8. The van der Waals surface area contributed by atoms with Gasteiger partial charge in [-0.05, 0) is 53.6 Å². The number of benzene rings is 1. The quantitative estimate of drug-likeness (QED) is 0.391. The van der Waals surface area contributed by atoms with Crippen molar-refractivity contribution >= 4 is 23.3 Å². The number of fused-ring (bicyclic) bond motifs is 1. The fourth-order valence-corrected chi connectivity index (χ4v) is 5.93. The minimum atomic E-state index is -0.415. The molecule has 0 aliphatic carbocycles. The van der Waals surface area contributed by atoms with Crippen molar-refractivity contribution in [2.75, 3.05) is 32.2 Å². The van der Waals surface area contributed by atoms with Crippen molar-refractivity contribution in [3.63, 3.8) is 0 Å². The maximum absolute atomic E-state index is 14.0. The second kappa shape index (κ2) is 11.9. The highest BCUT2D eigenvalue weighted by Gasteiger charge is 2.34. The Morgan fingerprint density at radius 1 is 1.27 bits per heavy atom. The molecule has 3 aromatic rings. The van der Waals surface area contributed by atoms with Crippen molar-refractivity contribution in [1.29, 1.82) is 0 Å². The summed E-state index contributed by atoms with van der Waals surface area (Å²) in [6, 6.07) is 7.94. The fraction of sp³-hybridized carbons (Fsp3) is 0.467. The number of carbonyl (C=O) groups is 1. The molecule has 1 saturated heterocycles. The van der Waals surface area contributed by atoms with E-state index in [1.54, 1.807) is 24.3 Å². The van der Waals surface area contributed by atoms with E-state index in [0.29, 0.717) is 41.6 Å². The van der Waals surface area contributed by atoms with Crippen molar-refractivity contribution < 1.29 is 23.8 Å². The molecule has 1 unspecified atom stereocenters. The lowest BCUT2D eigenvalue weighted by molar-refractivity contribution is 0.0386. The van der Waals surface area contributed by atoms with Crippen molar-refractivity contribution in [1.82, 2.24) is 14.5 Å². The monoisotopic (exact) mass is 570 g/mol. The van der Waals surface area contributed by atoms with Crippen molar-refractivity contribution in [3.8, 4) is 11.1 Å². The molecular formula is C30H36ClFN4O4. The molecule has 0 bridgehead atoms. The number of methoxy groups -OCH3 is 1. The van der Waals surface area contributed by atoms with Crippen LogP contribution in [0.15, 0.2) is 42.7 Å². The molecule has 0 spiro atoms. The predicted molar refractivity (Wildman–Crippen MR) is 152 cm³/mol. The Labute approximate surface area is 239 Å². The summed E-state index contributed by atoms with van der Waals surface area (Å²) in [5, 5.41) is 13.8. The summed E-state index contributed by atoms with van der Waals surface area (Å²) in [5.74, 6) is 0.110. The summed E-state index contributed by atoms with van der Waals surface area (Å²) < 4.78 is 27.2. The number of halogens is 2. The van der Waals surface area contributed by atoms with E-state index >= 15 is 0 Å². The van der Waals surface area contributed by atoms with Crippen molar-refractivity contribution in [2.45, 2.75) is 58.5 Å². The van der Waals surface area contributed by atoms with Gasteiger partial charge in [0.1, 0.15) is 17.3 Å². The summed E-state index contributed by atoms with van der Waals surface area (Å²) in [6.07, 6.45) is 5.42. The Kier molecular flexibility index (Phi) is 8.47. The van der Waals surface area contributed by atoms with E-state index in [1.165, 1.54) is 12.1 Å². The number of aliphatic hydroxyl groups excluding tert-OH is 1. The molecule has 5 rings (SSSR count). The number of nitrogens with zero attached hydrogens (tertiary/aromatic N) is 3. The highest BCUT2D eigenvalue weighted by atomic mass is 35.5. The maximum Gasteiger partial charge on any atom is 0.271 e. The van der Waals surface area contributed by atoms with E-state index in [2.05, 4.69) is 24.1 Å². The molecule has 1 fully saturated rings. The van der Waals surface area contributed by atoms with Crippen LogP contribution < -0.4 is 5.32 Å². The number of aromatic nitrogens is 2. The van der Waals surface area contributed by atoms with Gasteiger partial charge < -0.3 is 29.4 Å². The summed E-state index contributed by atoms with van der Waals surface area (Å²) in [7, 11) is 1.59. The second-order valence-electron chi connectivity index (χ2n) is 11.5. The minimum absolute atomic E-state index is 0.0687. The number of ether oxygens (including phenoxy) is 2. The number of anilines is 1. The Balaban J connectivity index is 1.42. The zero-order valence-corrected chi connectivity index (χ0v) is 23.9. The Bertz CT molecular complexity index is 1380. The molecule has 1 aromatic carbocycles. The normalized spacial score (nSPS) is 20.8. The van der Waals surface area contributed by atoms with Gasteiger partial charge in [0, 0.05) is 56.4 Å². The first-order valence-electron chi connectivity index (χ1n) is 13.6. The van der Waals surface area contributed by atoms with Crippen LogP contribution >= 0.6 is 11.6 Å². The molecule has 10 heteroatoms.